The second kappa shape index (κ2) is 6.63. The van der Waals surface area contributed by atoms with Gasteiger partial charge in [0.15, 0.2) is 11.5 Å². The number of ether oxygens (including phenoxy) is 2. The zero-order valence-electron chi connectivity index (χ0n) is 13.3. The van der Waals surface area contributed by atoms with Crippen molar-refractivity contribution in [1.29, 1.82) is 0 Å². The number of rotatable bonds is 4. The third kappa shape index (κ3) is 2.94. The third-order valence-corrected chi connectivity index (χ3v) is 4.16. The lowest BCUT2D eigenvalue weighted by atomic mass is 10.1. The molecule has 0 amide bonds. The van der Waals surface area contributed by atoms with E-state index in [1.807, 2.05) is 12.1 Å². The van der Waals surface area contributed by atoms with Crippen molar-refractivity contribution in [3.63, 3.8) is 0 Å². The van der Waals surface area contributed by atoms with E-state index >= 15 is 0 Å². The number of nitrogens with two attached hydrogens (primary N) is 1. The number of aromatic nitrogens is 1. The van der Waals surface area contributed by atoms with Crippen LogP contribution in [0.5, 0.6) is 11.5 Å². The van der Waals surface area contributed by atoms with E-state index in [1.54, 1.807) is 0 Å². The maximum Gasteiger partial charge on any atom is 0.231 e. The molecule has 0 spiro atoms. The molecule has 0 fully saturated rings. The van der Waals surface area contributed by atoms with Crippen LogP contribution in [-0.2, 0) is 6.42 Å². The smallest absolute Gasteiger partial charge is 0.231 e. The lowest BCUT2D eigenvalue weighted by Gasteiger charge is -2.12. The summed E-state index contributed by atoms with van der Waals surface area (Å²) in [6.07, 6.45) is 1.91. The molecule has 1 aromatic heterocycles. The molecular weight excluding hydrogens is 300 g/mol. The van der Waals surface area contributed by atoms with Gasteiger partial charge in [0, 0.05) is 29.2 Å². The fourth-order valence-corrected chi connectivity index (χ4v) is 2.88. The number of aryl methyl sites for hydroxylation is 1. The van der Waals surface area contributed by atoms with Gasteiger partial charge in [-0.1, -0.05) is 6.92 Å². The predicted molar refractivity (Wildman–Crippen MR) is 90.6 cm³/mol. The summed E-state index contributed by atoms with van der Waals surface area (Å²) in [5.74, 6) is 1.63. The van der Waals surface area contributed by atoms with Gasteiger partial charge in [0.1, 0.15) is 0 Å². The summed E-state index contributed by atoms with van der Waals surface area (Å²) in [5, 5.41) is 0. The van der Waals surface area contributed by atoms with Crippen LogP contribution in [0.1, 0.15) is 30.3 Å². The first kappa shape index (κ1) is 16.7. The minimum atomic E-state index is 0. The van der Waals surface area contributed by atoms with Crippen LogP contribution in [0.4, 0.5) is 0 Å². The van der Waals surface area contributed by atoms with Crippen LogP contribution in [0, 0.1) is 13.8 Å². The molecule has 1 atom stereocenters. The van der Waals surface area contributed by atoms with Gasteiger partial charge in [0.25, 0.3) is 0 Å². The van der Waals surface area contributed by atoms with Crippen molar-refractivity contribution in [2.45, 2.75) is 39.7 Å². The molecule has 1 aliphatic heterocycles. The van der Waals surface area contributed by atoms with Crippen molar-refractivity contribution in [2.24, 2.45) is 5.73 Å². The molecule has 0 aliphatic carbocycles. The Hall–Kier alpha value is -1.65. The molecule has 2 heterocycles. The zero-order chi connectivity index (χ0) is 15.0. The van der Waals surface area contributed by atoms with E-state index in [0.717, 1.165) is 30.0 Å². The van der Waals surface area contributed by atoms with Gasteiger partial charge in [-0.15, -0.1) is 12.4 Å². The minimum absolute atomic E-state index is 0. The minimum Gasteiger partial charge on any atom is -0.454 e. The van der Waals surface area contributed by atoms with Crippen molar-refractivity contribution in [2.75, 3.05) is 6.79 Å². The summed E-state index contributed by atoms with van der Waals surface area (Å²) in [5.41, 5.74) is 11.0. The van der Waals surface area contributed by atoms with Crippen LogP contribution in [0.15, 0.2) is 24.3 Å². The van der Waals surface area contributed by atoms with Crippen LogP contribution in [0.3, 0.4) is 0 Å². The highest BCUT2D eigenvalue weighted by atomic mass is 35.5. The first-order chi connectivity index (χ1) is 10.1. The standard InChI is InChI=1S/C17H22N2O2.ClH/c1-4-14(18)8-13-7-11(2)19(12(13)3)15-5-6-16-17(9-15)21-10-20-16;/h5-7,9,14H,4,8,10,18H2,1-3H3;1H. The SMILES string of the molecule is CCC(N)Cc1cc(C)n(-c2ccc3c(c2)OCO3)c1C.Cl. The fraction of sp³-hybridized carbons (Fsp3) is 0.412. The number of nitrogens with zero attached hydrogens (tertiary/aromatic N) is 1. The second-order valence-corrected chi connectivity index (χ2v) is 5.64. The van der Waals surface area contributed by atoms with Crippen LogP contribution in [0.25, 0.3) is 5.69 Å². The highest BCUT2D eigenvalue weighted by molar-refractivity contribution is 5.85. The number of hydrogen-bond acceptors (Lipinski definition) is 3. The second-order valence-electron chi connectivity index (χ2n) is 5.64. The number of hydrogen-bond donors (Lipinski definition) is 1. The van der Waals surface area contributed by atoms with Crippen molar-refractivity contribution in [3.8, 4) is 17.2 Å². The largest absolute Gasteiger partial charge is 0.454 e. The topological polar surface area (TPSA) is 49.4 Å². The molecule has 1 aromatic carbocycles. The Morgan fingerprint density at radius 3 is 2.64 bits per heavy atom. The lowest BCUT2D eigenvalue weighted by Crippen LogP contribution is -2.21. The first-order valence-electron chi connectivity index (χ1n) is 7.43. The summed E-state index contributed by atoms with van der Waals surface area (Å²) in [6, 6.07) is 8.52. The van der Waals surface area contributed by atoms with E-state index in [2.05, 4.69) is 37.5 Å². The molecular formula is C17H23ClN2O2. The summed E-state index contributed by atoms with van der Waals surface area (Å²) in [6.45, 7) is 6.70. The monoisotopic (exact) mass is 322 g/mol. The van der Waals surface area contributed by atoms with E-state index in [0.29, 0.717) is 6.79 Å². The van der Waals surface area contributed by atoms with Crippen LogP contribution in [-0.4, -0.2) is 17.4 Å². The predicted octanol–water partition coefficient (Wildman–Crippen LogP) is 3.52. The molecule has 4 nitrogen and oxygen atoms in total. The number of fused-ring (bicyclic) bond motifs is 1. The highest BCUT2D eigenvalue weighted by Gasteiger charge is 2.17. The molecule has 1 unspecified atom stereocenters. The summed E-state index contributed by atoms with van der Waals surface area (Å²) in [4.78, 5) is 0. The molecule has 0 saturated carbocycles. The summed E-state index contributed by atoms with van der Waals surface area (Å²) >= 11 is 0. The molecule has 2 N–H and O–H groups in total. The van der Waals surface area contributed by atoms with Gasteiger partial charge in [-0.25, -0.2) is 0 Å². The summed E-state index contributed by atoms with van der Waals surface area (Å²) in [7, 11) is 0. The normalized spacial score (nSPS) is 13.8. The average Bonchev–Trinajstić information content (AvgIpc) is 3.03. The quantitative estimate of drug-likeness (QED) is 0.937. The Morgan fingerprint density at radius 1 is 1.18 bits per heavy atom. The van der Waals surface area contributed by atoms with Gasteiger partial charge >= 0.3 is 0 Å². The van der Waals surface area contributed by atoms with Crippen molar-refractivity contribution in [1.82, 2.24) is 4.57 Å². The van der Waals surface area contributed by atoms with Crippen molar-refractivity contribution < 1.29 is 9.47 Å². The first-order valence-corrected chi connectivity index (χ1v) is 7.43. The molecule has 120 valence electrons. The van der Waals surface area contributed by atoms with Crippen LogP contribution >= 0.6 is 12.4 Å². The van der Waals surface area contributed by atoms with Gasteiger partial charge in [-0.05, 0) is 50.5 Å². The molecule has 0 saturated heterocycles. The van der Waals surface area contributed by atoms with Crippen molar-refractivity contribution in [3.05, 3.63) is 41.2 Å². The zero-order valence-corrected chi connectivity index (χ0v) is 14.1. The van der Waals surface area contributed by atoms with Crippen LogP contribution in [0.2, 0.25) is 0 Å². The van der Waals surface area contributed by atoms with Crippen molar-refractivity contribution >= 4 is 12.4 Å². The molecule has 1 aliphatic rings. The fourth-order valence-electron chi connectivity index (χ4n) is 2.88. The Kier molecular flexibility index (Phi) is 5.04. The van der Waals surface area contributed by atoms with E-state index in [-0.39, 0.29) is 18.4 Å². The average molecular weight is 323 g/mol. The van der Waals surface area contributed by atoms with E-state index < -0.39 is 0 Å². The molecule has 2 aromatic rings. The number of halogens is 1. The lowest BCUT2D eigenvalue weighted by molar-refractivity contribution is 0.174. The maximum atomic E-state index is 6.10. The molecule has 22 heavy (non-hydrogen) atoms. The van der Waals surface area contributed by atoms with E-state index in [1.165, 1.54) is 17.0 Å². The van der Waals surface area contributed by atoms with Gasteiger partial charge in [-0.2, -0.15) is 0 Å². The Labute approximate surface area is 137 Å². The van der Waals surface area contributed by atoms with E-state index in [4.69, 9.17) is 15.2 Å². The molecule has 0 radical (unpaired) electrons. The van der Waals surface area contributed by atoms with Gasteiger partial charge in [0.05, 0.1) is 0 Å². The Balaban J connectivity index is 0.00000176. The maximum absolute atomic E-state index is 6.10. The molecule has 3 rings (SSSR count). The number of benzene rings is 1. The summed E-state index contributed by atoms with van der Waals surface area (Å²) < 4.78 is 13.1. The molecule has 0 bridgehead atoms. The third-order valence-electron chi connectivity index (χ3n) is 4.16. The van der Waals surface area contributed by atoms with Gasteiger partial charge in [0.2, 0.25) is 6.79 Å². The Bertz CT molecular complexity index is 667. The van der Waals surface area contributed by atoms with Gasteiger partial charge in [-0.3, -0.25) is 0 Å². The molecule has 5 heteroatoms. The van der Waals surface area contributed by atoms with Gasteiger partial charge < -0.3 is 19.8 Å². The van der Waals surface area contributed by atoms with Crippen LogP contribution < -0.4 is 15.2 Å². The Morgan fingerprint density at radius 2 is 1.91 bits per heavy atom. The highest BCUT2D eigenvalue weighted by Crippen LogP contribution is 2.34. The van der Waals surface area contributed by atoms with E-state index in [9.17, 15) is 0 Å².